The maximum atomic E-state index is 12.7. The summed E-state index contributed by atoms with van der Waals surface area (Å²) < 4.78 is 10.4. The molecular weight excluding hydrogens is 390 g/mol. The van der Waals surface area contributed by atoms with Gasteiger partial charge in [0.1, 0.15) is 0 Å². The first kappa shape index (κ1) is 22.7. The zero-order valence-electron chi connectivity index (χ0n) is 16.9. The topological polar surface area (TPSA) is 113 Å². The largest absolute Gasteiger partial charge is 0.422 e. The van der Waals surface area contributed by atoms with Gasteiger partial charge in [0.2, 0.25) is 0 Å². The van der Waals surface area contributed by atoms with Crippen molar-refractivity contribution in [1.29, 1.82) is 0 Å². The van der Waals surface area contributed by atoms with E-state index in [4.69, 9.17) is 9.47 Å². The fourth-order valence-corrected chi connectivity index (χ4v) is 2.69. The van der Waals surface area contributed by atoms with E-state index in [1.807, 2.05) is 6.07 Å². The molecule has 0 bridgehead atoms. The number of nitrogens with zero attached hydrogens (tertiary/aromatic N) is 1. The van der Waals surface area contributed by atoms with Gasteiger partial charge in [-0.1, -0.05) is 44.2 Å². The number of ketones is 1. The van der Waals surface area contributed by atoms with Crippen LogP contribution in [0.2, 0.25) is 0 Å². The van der Waals surface area contributed by atoms with Gasteiger partial charge in [0, 0.05) is 30.9 Å². The Morgan fingerprint density at radius 2 is 1.53 bits per heavy atom. The number of hydrogen-bond donors (Lipinski definition) is 0. The van der Waals surface area contributed by atoms with Gasteiger partial charge in [-0.15, -0.1) is 0 Å². The van der Waals surface area contributed by atoms with Crippen LogP contribution in [0.5, 0.6) is 11.5 Å². The predicted molar refractivity (Wildman–Crippen MR) is 109 cm³/mol. The summed E-state index contributed by atoms with van der Waals surface area (Å²) in [5.74, 6) is -2.53. The summed E-state index contributed by atoms with van der Waals surface area (Å²) in [4.78, 5) is 47.5. The molecule has 0 aliphatic carbocycles. The van der Waals surface area contributed by atoms with Gasteiger partial charge in [-0.05, 0) is 24.5 Å². The standard InChI is InChI=1S/C22H23NO7/c1-3-8-20(25)29-19-14-16(18(24)12-15-10-6-5-7-11-15)13-17(23(27)28)22(19)30-21(26)9-4-2/h5-7,10-11,13-14H,3-4,8-9,12H2,1-2H3. The van der Waals surface area contributed by atoms with E-state index >= 15 is 0 Å². The highest BCUT2D eigenvalue weighted by atomic mass is 16.6. The van der Waals surface area contributed by atoms with E-state index in [9.17, 15) is 24.5 Å². The normalized spacial score (nSPS) is 10.3. The molecule has 0 saturated carbocycles. The molecule has 0 aliphatic rings. The zero-order valence-corrected chi connectivity index (χ0v) is 16.9. The number of nitro benzene ring substituents is 1. The van der Waals surface area contributed by atoms with Crippen molar-refractivity contribution in [3.05, 3.63) is 63.7 Å². The van der Waals surface area contributed by atoms with Crippen molar-refractivity contribution in [2.24, 2.45) is 0 Å². The van der Waals surface area contributed by atoms with Crippen LogP contribution in [0.25, 0.3) is 0 Å². The van der Waals surface area contributed by atoms with E-state index in [2.05, 4.69) is 0 Å². The van der Waals surface area contributed by atoms with Gasteiger partial charge in [0.15, 0.2) is 11.5 Å². The lowest BCUT2D eigenvalue weighted by Crippen LogP contribution is -2.14. The fraction of sp³-hybridized carbons (Fsp3) is 0.318. The van der Waals surface area contributed by atoms with Crippen molar-refractivity contribution < 1.29 is 28.8 Å². The Labute approximate surface area is 174 Å². The summed E-state index contributed by atoms with van der Waals surface area (Å²) >= 11 is 0. The summed E-state index contributed by atoms with van der Waals surface area (Å²) in [6.07, 6.45) is 1.09. The fourth-order valence-electron chi connectivity index (χ4n) is 2.69. The number of hydrogen-bond acceptors (Lipinski definition) is 7. The second-order valence-corrected chi connectivity index (χ2v) is 6.61. The van der Waals surface area contributed by atoms with Gasteiger partial charge in [0.25, 0.3) is 5.75 Å². The summed E-state index contributed by atoms with van der Waals surface area (Å²) in [6.45, 7) is 3.52. The Hall–Kier alpha value is -3.55. The van der Waals surface area contributed by atoms with Gasteiger partial charge in [-0.2, -0.15) is 0 Å². The summed E-state index contributed by atoms with van der Waals surface area (Å²) in [5, 5.41) is 11.6. The summed E-state index contributed by atoms with van der Waals surface area (Å²) in [6, 6.07) is 11.1. The predicted octanol–water partition coefficient (Wildman–Crippen LogP) is 4.43. The average molecular weight is 413 g/mol. The van der Waals surface area contributed by atoms with E-state index in [1.54, 1.807) is 38.1 Å². The number of carbonyl (C=O) groups excluding carboxylic acids is 3. The number of rotatable bonds is 10. The Bertz CT molecular complexity index is 938. The van der Waals surface area contributed by atoms with Crippen LogP contribution in [-0.4, -0.2) is 22.6 Å². The molecule has 0 aliphatic heterocycles. The smallest absolute Gasteiger partial charge is 0.316 e. The molecule has 8 heteroatoms. The van der Waals surface area contributed by atoms with Crippen LogP contribution >= 0.6 is 0 Å². The number of nitro groups is 1. The Morgan fingerprint density at radius 1 is 0.933 bits per heavy atom. The number of ether oxygens (including phenoxy) is 2. The maximum absolute atomic E-state index is 12.7. The van der Waals surface area contributed by atoms with E-state index in [-0.39, 0.29) is 30.6 Å². The van der Waals surface area contributed by atoms with Crippen LogP contribution in [0, 0.1) is 10.1 Å². The van der Waals surface area contributed by atoms with Gasteiger partial charge in [-0.25, -0.2) is 0 Å². The zero-order chi connectivity index (χ0) is 22.1. The molecule has 0 heterocycles. The molecule has 158 valence electrons. The molecule has 0 unspecified atom stereocenters. The number of Topliss-reactive ketones (excluding diaryl/α,β-unsaturated/α-hetero) is 1. The van der Waals surface area contributed by atoms with E-state index in [1.165, 1.54) is 6.07 Å². The third-order valence-corrected chi connectivity index (χ3v) is 4.11. The van der Waals surface area contributed by atoms with Crippen molar-refractivity contribution >= 4 is 23.4 Å². The van der Waals surface area contributed by atoms with E-state index in [0.717, 1.165) is 11.6 Å². The van der Waals surface area contributed by atoms with E-state index < -0.39 is 34.1 Å². The Morgan fingerprint density at radius 3 is 2.10 bits per heavy atom. The van der Waals surface area contributed by atoms with Crippen LogP contribution in [0.15, 0.2) is 42.5 Å². The lowest BCUT2D eigenvalue weighted by Gasteiger charge is -2.12. The molecule has 0 radical (unpaired) electrons. The van der Waals surface area contributed by atoms with Crippen LogP contribution in [0.3, 0.4) is 0 Å². The molecule has 0 fully saturated rings. The molecule has 8 nitrogen and oxygen atoms in total. The van der Waals surface area contributed by atoms with Crippen molar-refractivity contribution in [2.45, 2.75) is 46.0 Å². The molecule has 0 spiro atoms. The molecule has 0 amide bonds. The second kappa shape index (κ2) is 10.8. The second-order valence-electron chi connectivity index (χ2n) is 6.61. The minimum absolute atomic E-state index is 0.00924. The summed E-state index contributed by atoms with van der Waals surface area (Å²) in [5.41, 5.74) is 0.103. The lowest BCUT2D eigenvalue weighted by molar-refractivity contribution is -0.385. The third-order valence-electron chi connectivity index (χ3n) is 4.11. The Kier molecular flexibility index (Phi) is 8.22. The molecule has 0 saturated heterocycles. The Balaban J connectivity index is 2.49. The molecule has 30 heavy (non-hydrogen) atoms. The van der Waals surface area contributed by atoms with Gasteiger partial charge in [-0.3, -0.25) is 24.5 Å². The highest BCUT2D eigenvalue weighted by Crippen LogP contribution is 2.39. The molecule has 0 atom stereocenters. The van der Waals surface area contributed by atoms with Crippen molar-refractivity contribution in [2.75, 3.05) is 0 Å². The first-order chi connectivity index (χ1) is 14.3. The van der Waals surface area contributed by atoms with Crippen molar-refractivity contribution in [3.8, 4) is 11.5 Å². The average Bonchev–Trinajstić information content (AvgIpc) is 2.70. The maximum Gasteiger partial charge on any atom is 0.316 e. The SMILES string of the molecule is CCCC(=O)Oc1cc(C(=O)Cc2ccccc2)cc([N+](=O)[O-])c1OC(=O)CCC. The highest BCUT2D eigenvalue weighted by molar-refractivity contribution is 5.99. The van der Waals surface area contributed by atoms with Crippen LogP contribution in [0.4, 0.5) is 5.69 Å². The molecular formula is C22H23NO7. The molecule has 0 N–H and O–H groups in total. The minimum Gasteiger partial charge on any atom is -0.422 e. The highest BCUT2D eigenvalue weighted by Gasteiger charge is 2.28. The molecule has 2 aromatic carbocycles. The first-order valence-corrected chi connectivity index (χ1v) is 9.66. The number of esters is 2. The third kappa shape index (κ3) is 6.23. The first-order valence-electron chi connectivity index (χ1n) is 9.66. The molecule has 0 aromatic heterocycles. The quantitative estimate of drug-likeness (QED) is 0.186. The van der Waals surface area contributed by atoms with E-state index in [0.29, 0.717) is 12.8 Å². The van der Waals surface area contributed by atoms with Crippen molar-refractivity contribution in [3.63, 3.8) is 0 Å². The summed E-state index contributed by atoms with van der Waals surface area (Å²) in [7, 11) is 0. The van der Waals surface area contributed by atoms with Crippen LogP contribution < -0.4 is 9.47 Å². The van der Waals surface area contributed by atoms with Crippen LogP contribution in [-0.2, 0) is 16.0 Å². The van der Waals surface area contributed by atoms with Gasteiger partial charge in [0.05, 0.1) is 4.92 Å². The monoisotopic (exact) mass is 413 g/mol. The minimum atomic E-state index is -0.773. The molecule has 2 aromatic rings. The molecule has 2 rings (SSSR count). The van der Waals surface area contributed by atoms with Crippen molar-refractivity contribution in [1.82, 2.24) is 0 Å². The lowest BCUT2D eigenvalue weighted by atomic mass is 10.0. The van der Waals surface area contributed by atoms with Gasteiger partial charge < -0.3 is 9.47 Å². The number of benzene rings is 2. The number of carbonyl (C=O) groups is 3. The van der Waals surface area contributed by atoms with Crippen LogP contribution in [0.1, 0.15) is 55.5 Å². The van der Waals surface area contributed by atoms with Gasteiger partial charge >= 0.3 is 17.6 Å².